The molecule has 1 N–H and O–H groups in total. The topological polar surface area (TPSA) is 34.1 Å². The molecule has 0 spiro atoms. The first-order chi connectivity index (χ1) is 8.85. The van der Waals surface area contributed by atoms with E-state index in [1.807, 2.05) is 24.4 Å². The van der Waals surface area contributed by atoms with Gasteiger partial charge in [0.1, 0.15) is 0 Å². The highest BCUT2D eigenvalue weighted by Gasteiger charge is 2.10. The third-order valence-electron chi connectivity index (χ3n) is 3.08. The van der Waals surface area contributed by atoms with Gasteiger partial charge in [-0.2, -0.15) is 0 Å². The van der Waals surface area contributed by atoms with Gasteiger partial charge >= 0.3 is 0 Å². The number of aromatic nitrogens is 1. The van der Waals surface area contributed by atoms with Crippen molar-refractivity contribution >= 4 is 10.9 Å². The van der Waals surface area contributed by atoms with Crippen molar-refractivity contribution in [3.05, 3.63) is 42.1 Å². The van der Waals surface area contributed by atoms with Crippen LogP contribution in [0.4, 0.5) is 0 Å². The minimum absolute atomic E-state index is 0.312. The summed E-state index contributed by atoms with van der Waals surface area (Å²) in [6.45, 7) is 3.82. The molecule has 0 radical (unpaired) electrons. The van der Waals surface area contributed by atoms with Gasteiger partial charge in [-0.05, 0) is 30.7 Å². The Morgan fingerprint density at radius 3 is 2.94 bits per heavy atom. The molecule has 3 nitrogen and oxygen atoms in total. The number of nitrogens with zero attached hydrogens (tertiary/aromatic N) is 1. The molecule has 0 aliphatic carbocycles. The summed E-state index contributed by atoms with van der Waals surface area (Å²) in [4.78, 5) is 4.51. The summed E-state index contributed by atoms with van der Waals surface area (Å²) >= 11 is 0. The third kappa shape index (κ3) is 3.06. The number of para-hydroxylation sites is 1. The molecule has 1 aromatic heterocycles. The van der Waals surface area contributed by atoms with Crippen LogP contribution in [0.2, 0.25) is 0 Å². The maximum Gasteiger partial charge on any atom is 0.0702 e. The van der Waals surface area contributed by atoms with Gasteiger partial charge in [0, 0.05) is 31.3 Å². The summed E-state index contributed by atoms with van der Waals surface area (Å²) in [5.74, 6) is 0. The fraction of sp³-hybridized carbons (Fsp3) is 0.400. The van der Waals surface area contributed by atoms with E-state index >= 15 is 0 Å². The molecule has 18 heavy (non-hydrogen) atoms. The molecule has 1 atom stereocenters. The Bertz CT molecular complexity index is 499. The Kier molecular flexibility index (Phi) is 4.67. The quantitative estimate of drug-likeness (QED) is 0.848. The molecule has 0 saturated carbocycles. The normalized spacial score (nSPS) is 12.8. The van der Waals surface area contributed by atoms with Gasteiger partial charge in [-0.1, -0.05) is 25.1 Å². The van der Waals surface area contributed by atoms with Crippen molar-refractivity contribution in [1.82, 2.24) is 10.3 Å². The molecule has 96 valence electrons. The maximum atomic E-state index is 5.17. The van der Waals surface area contributed by atoms with E-state index < -0.39 is 0 Å². The highest BCUT2D eigenvalue weighted by molar-refractivity contribution is 5.78. The lowest BCUT2D eigenvalue weighted by atomic mass is 10.0. The summed E-state index contributed by atoms with van der Waals surface area (Å²) in [6.07, 6.45) is 2.93. The number of methoxy groups -OCH3 is 1. The van der Waals surface area contributed by atoms with Gasteiger partial charge in [-0.15, -0.1) is 0 Å². The zero-order valence-corrected chi connectivity index (χ0v) is 11.0. The first kappa shape index (κ1) is 13.0. The van der Waals surface area contributed by atoms with Gasteiger partial charge in [0.2, 0.25) is 0 Å². The molecule has 0 amide bonds. The number of pyridine rings is 1. The second kappa shape index (κ2) is 6.47. The van der Waals surface area contributed by atoms with E-state index in [1.165, 1.54) is 10.9 Å². The predicted octanol–water partition coefficient (Wildman–Crippen LogP) is 2.92. The molecule has 3 heteroatoms. The van der Waals surface area contributed by atoms with Gasteiger partial charge < -0.3 is 10.1 Å². The minimum Gasteiger partial charge on any atom is -0.385 e. The van der Waals surface area contributed by atoms with E-state index in [0.717, 1.165) is 25.1 Å². The number of rotatable bonds is 6. The molecular weight excluding hydrogens is 224 g/mol. The molecule has 0 saturated heterocycles. The summed E-state index contributed by atoms with van der Waals surface area (Å²) in [5, 5.41) is 4.67. The zero-order chi connectivity index (χ0) is 12.8. The number of hydrogen-bond acceptors (Lipinski definition) is 3. The summed E-state index contributed by atoms with van der Waals surface area (Å²) < 4.78 is 5.17. The number of ether oxygens (including phenoxy) is 1. The Labute approximate surface area is 108 Å². The smallest absolute Gasteiger partial charge is 0.0702 e. The zero-order valence-electron chi connectivity index (χ0n) is 11.0. The van der Waals surface area contributed by atoms with E-state index in [-0.39, 0.29) is 0 Å². The average Bonchev–Trinajstić information content (AvgIpc) is 2.43. The lowest BCUT2D eigenvalue weighted by Gasteiger charge is -2.18. The third-order valence-corrected chi connectivity index (χ3v) is 3.08. The van der Waals surface area contributed by atoms with Crippen LogP contribution in [0.25, 0.3) is 10.9 Å². The molecule has 0 fully saturated rings. The lowest BCUT2D eigenvalue weighted by Crippen LogP contribution is -2.22. The number of nitrogens with one attached hydrogen (secondary N) is 1. The van der Waals surface area contributed by atoms with Crippen molar-refractivity contribution in [3.63, 3.8) is 0 Å². The number of fused-ring (bicyclic) bond motifs is 1. The first-order valence-corrected chi connectivity index (χ1v) is 6.42. The highest BCUT2D eigenvalue weighted by atomic mass is 16.5. The van der Waals surface area contributed by atoms with Crippen molar-refractivity contribution < 1.29 is 4.74 Å². The SMILES string of the molecule is CCNC(CCOC)c1cnc2ccccc2c1. The molecule has 1 heterocycles. The van der Waals surface area contributed by atoms with Gasteiger partial charge in [0.05, 0.1) is 5.52 Å². The molecular formula is C15H20N2O. The summed E-state index contributed by atoms with van der Waals surface area (Å²) in [7, 11) is 1.74. The van der Waals surface area contributed by atoms with Gasteiger partial charge in [-0.25, -0.2) is 0 Å². The van der Waals surface area contributed by atoms with E-state index in [9.17, 15) is 0 Å². The Hall–Kier alpha value is -1.45. The standard InChI is InChI=1S/C15H20N2O/c1-3-16-15(8-9-18-2)13-10-12-6-4-5-7-14(12)17-11-13/h4-7,10-11,15-16H,3,8-9H2,1-2H3. The number of hydrogen-bond donors (Lipinski definition) is 1. The predicted molar refractivity (Wildman–Crippen MR) is 74.7 cm³/mol. The van der Waals surface area contributed by atoms with Crippen LogP contribution < -0.4 is 5.32 Å². The van der Waals surface area contributed by atoms with Crippen LogP contribution in [-0.2, 0) is 4.74 Å². The van der Waals surface area contributed by atoms with Crippen molar-refractivity contribution in [3.8, 4) is 0 Å². The molecule has 0 aliphatic heterocycles. The molecule has 1 unspecified atom stereocenters. The number of benzene rings is 1. The van der Waals surface area contributed by atoms with E-state index in [0.29, 0.717) is 6.04 Å². The molecule has 2 aromatic rings. The van der Waals surface area contributed by atoms with Crippen molar-refractivity contribution in [2.45, 2.75) is 19.4 Å². The van der Waals surface area contributed by atoms with Gasteiger partial charge in [0.15, 0.2) is 0 Å². The Morgan fingerprint density at radius 1 is 1.33 bits per heavy atom. The van der Waals surface area contributed by atoms with Crippen molar-refractivity contribution in [2.24, 2.45) is 0 Å². The Morgan fingerprint density at radius 2 is 2.17 bits per heavy atom. The van der Waals surface area contributed by atoms with E-state index in [4.69, 9.17) is 4.74 Å². The fourth-order valence-corrected chi connectivity index (χ4v) is 2.15. The summed E-state index contributed by atoms with van der Waals surface area (Å²) in [6, 6.07) is 10.7. The monoisotopic (exact) mass is 244 g/mol. The molecule has 0 aliphatic rings. The first-order valence-electron chi connectivity index (χ1n) is 6.42. The van der Waals surface area contributed by atoms with Crippen LogP contribution in [0, 0.1) is 0 Å². The second-order valence-electron chi connectivity index (χ2n) is 4.35. The Balaban J connectivity index is 2.25. The van der Waals surface area contributed by atoms with Crippen molar-refractivity contribution in [2.75, 3.05) is 20.3 Å². The van der Waals surface area contributed by atoms with Crippen LogP contribution in [0.1, 0.15) is 24.9 Å². The fourth-order valence-electron chi connectivity index (χ4n) is 2.15. The summed E-state index contributed by atoms with van der Waals surface area (Å²) in [5.41, 5.74) is 2.27. The highest BCUT2D eigenvalue weighted by Crippen LogP contribution is 2.20. The van der Waals surface area contributed by atoms with Gasteiger partial charge in [-0.3, -0.25) is 4.98 Å². The second-order valence-corrected chi connectivity index (χ2v) is 4.35. The maximum absolute atomic E-state index is 5.17. The van der Waals surface area contributed by atoms with Crippen LogP contribution in [0.5, 0.6) is 0 Å². The van der Waals surface area contributed by atoms with Gasteiger partial charge in [0.25, 0.3) is 0 Å². The minimum atomic E-state index is 0.312. The lowest BCUT2D eigenvalue weighted by molar-refractivity contribution is 0.183. The average molecular weight is 244 g/mol. The van der Waals surface area contributed by atoms with E-state index in [2.05, 4.69) is 29.4 Å². The molecule has 0 bridgehead atoms. The van der Waals surface area contributed by atoms with E-state index in [1.54, 1.807) is 7.11 Å². The largest absolute Gasteiger partial charge is 0.385 e. The van der Waals surface area contributed by atoms with Crippen LogP contribution in [0.15, 0.2) is 36.5 Å². The molecule has 1 aromatic carbocycles. The van der Waals surface area contributed by atoms with Crippen molar-refractivity contribution in [1.29, 1.82) is 0 Å². The van der Waals surface area contributed by atoms with Crippen LogP contribution >= 0.6 is 0 Å². The van der Waals surface area contributed by atoms with Crippen LogP contribution in [-0.4, -0.2) is 25.2 Å². The van der Waals surface area contributed by atoms with Crippen LogP contribution in [0.3, 0.4) is 0 Å². The molecule has 2 rings (SSSR count).